The minimum absolute atomic E-state index is 0.0384. The monoisotopic (exact) mass is 413 g/mol. The lowest BCUT2D eigenvalue weighted by Crippen LogP contribution is -2.57. The van der Waals surface area contributed by atoms with Gasteiger partial charge in [-0.05, 0) is 56.1 Å². The number of morpholine rings is 1. The van der Waals surface area contributed by atoms with Gasteiger partial charge in [-0.15, -0.1) is 0 Å². The fraction of sp³-hybridized carbons (Fsp3) is 0.524. The summed E-state index contributed by atoms with van der Waals surface area (Å²) in [6, 6.07) is 8.13. The summed E-state index contributed by atoms with van der Waals surface area (Å²) in [5, 5.41) is 4.25. The molecule has 1 amide bonds. The van der Waals surface area contributed by atoms with E-state index < -0.39 is 0 Å². The normalized spacial score (nSPS) is 26.5. The molecule has 154 valence electrons. The molecule has 2 N–H and O–H groups in total. The molecule has 4 fully saturated rings. The van der Waals surface area contributed by atoms with Crippen molar-refractivity contribution in [2.45, 2.75) is 28.8 Å². The number of aromatic amines is 1. The van der Waals surface area contributed by atoms with Crippen LogP contribution < -0.4 is 10.2 Å². The number of aromatic nitrogens is 2. The van der Waals surface area contributed by atoms with Crippen LogP contribution in [-0.4, -0.2) is 72.8 Å². The van der Waals surface area contributed by atoms with E-state index in [0.717, 1.165) is 54.3 Å². The number of hydrogen-bond donors (Lipinski definition) is 2. The summed E-state index contributed by atoms with van der Waals surface area (Å²) in [5.41, 5.74) is 0.726. The number of fused-ring (bicyclic) bond motifs is 3. The molecule has 2 aromatic rings. The predicted octanol–water partition coefficient (Wildman–Crippen LogP) is 2.22. The standard InChI is InChI=1S/C21H27N5O2S/c27-20(23-18-14-25-7-5-15(18)6-8-25)16-1-3-17(4-2-16)29-19-13-22-21(24-19)26-9-11-28-12-10-26/h1-4,13,15,18H,5-12,14H2,(H,22,24)(H,23,27)/t18-/m0/s1. The third-order valence-corrected chi connectivity index (χ3v) is 7.10. The molecule has 0 unspecified atom stereocenters. The lowest BCUT2D eigenvalue weighted by atomic mass is 9.84. The summed E-state index contributed by atoms with van der Waals surface area (Å²) in [4.78, 5) is 26.3. The van der Waals surface area contributed by atoms with Gasteiger partial charge in [0.2, 0.25) is 5.95 Å². The molecule has 0 spiro atoms. The highest BCUT2D eigenvalue weighted by atomic mass is 32.2. The van der Waals surface area contributed by atoms with Crippen molar-refractivity contribution in [2.75, 3.05) is 50.8 Å². The lowest BCUT2D eigenvalue weighted by Gasteiger charge is -2.44. The molecule has 8 heteroatoms. The van der Waals surface area contributed by atoms with Gasteiger partial charge in [0.1, 0.15) is 0 Å². The Balaban J connectivity index is 1.18. The number of carbonyl (C=O) groups excluding carboxylic acids is 1. The van der Waals surface area contributed by atoms with Crippen LogP contribution in [0.15, 0.2) is 40.4 Å². The van der Waals surface area contributed by atoms with Crippen LogP contribution in [0.2, 0.25) is 0 Å². The third kappa shape index (κ3) is 4.29. The number of amides is 1. The number of rotatable bonds is 5. The van der Waals surface area contributed by atoms with Crippen molar-refractivity contribution in [3.63, 3.8) is 0 Å². The minimum atomic E-state index is 0.0384. The summed E-state index contributed by atoms with van der Waals surface area (Å²) >= 11 is 1.62. The Hall–Kier alpha value is -2.03. The van der Waals surface area contributed by atoms with Crippen molar-refractivity contribution in [2.24, 2.45) is 5.92 Å². The SMILES string of the molecule is O=C(N[C@H]1CN2CCC1CC2)c1ccc(Sc2cnc(N3CCOCC3)[nH]2)cc1. The van der Waals surface area contributed by atoms with Gasteiger partial charge in [-0.2, -0.15) is 0 Å². The van der Waals surface area contributed by atoms with Gasteiger partial charge >= 0.3 is 0 Å². The van der Waals surface area contributed by atoms with Crippen LogP contribution in [-0.2, 0) is 4.74 Å². The number of nitrogens with one attached hydrogen (secondary N) is 2. The first-order valence-corrected chi connectivity index (χ1v) is 11.2. The molecular weight excluding hydrogens is 386 g/mol. The van der Waals surface area contributed by atoms with Crippen molar-refractivity contribution in [3.05, 3.63) is 36.0 Å². The summed E-state index contributed by atoms with van der Waals surface area (Å²) in [5.74, 6) is 1.57. The molecule has 6 rings (SSSR count). The van der Waals surface area contributed by atoms with E-state index in [1.54, 1.807) is 11.8 Å². The average molecular weight is 414 g/mol. The van der Waals surface area contributed by atoms with Crippen LogP contribution in [0, 0.1) is 5.92 Å². The van der Waals surface area contributed by atoms with E-state index in [2.05, 4.69) is 25.1 Å². The Morgan fingerprint density at radius 1 is 1.14 bits per heavy atom. The molecule has 4 aliphatic rings. The Morgan fingerprint density at radius 3 is 2.59 bits per heavy atom. The zero-order valence-electron chi connectivity index (χ0n) is 16.5. The van der Waals surface area contributed by atoms with Crippen LogP contribution in [0.3, 0.4) is 0 Å². The first-order chi connectivity index (χ1) is 14.2. The molecule has 0 saturated carbocycles. The Kier molecular flexibility index (Phi) is 5.48. The lowest BCUT2D eigenvalue weighted by molar-refractivity contribution is 0.0620. The highest BCUT2D eigenvalue weighted by Crippen LogP contribution is 2.29. The second kappa shape index (κ2) is 8.38. The first kappa shape index (κ1) is 19.0. The van der Waals surface area contributed by atoms with E-state index >= 15 is 0 Å². The second-order valence-electron chi connectivity index (χ2n) is 8.01. The zero-order valence-corrected chi connectivity index (χ0v) is 17.3. The minimum Gasteiger partial charge on any atom is -0.378 e. The largest absolute Gasteiger partial charge is 0.378 e. The molecular formula is C21H27N5O2S. The van der Waals surface area contributed by atoms with E-state index in [4.69, 9.17) is 4.74 Å². The number of benzene rings is 1. The molecule has 2 bridgehead atoms. The molecule has 1 aromatic carbocycles. The number of imidazole rings is 1. The second-order valence-corrected chi connectivity index (χ2v) is 9.13. The van der Waals surface area contributed by atoms with Gasteiger partial charge in [-0.1, -0.05) is 11.8 Å². The van der Waals surface area contributed by atoms with Crippen molar-refractivity contribution >= 4 is 23.6 Å². The van der Waals surface area contributed by atoms with Crippen LogP contribution in [0.1, 0.15) is 23.2 Å². The molecule has 4 aliphatic heterocycles. The molecule has 1 atom stereocenters. The molecule has 5 heterocycles. The van der Waals surface area contributed by atoms with Gasteiger partial charge in [-0.25, -0.2) is 4.98 Å². The van der Waals surface area contributed by atoms with E-state index in [1.165, 1.54) is 25.9 Å². The van der Waals surface area contributed by atoms with E-state index in [0.29, 0.717) is 12.0 Å². The van der Waals surface area contributed by atoms with E-state index in [1.807, 2.05) is 30.5 Å². The van der Waals surface area contributed by atoms with E-state index in [-0.39, 0.29) is 5.91 Å². The van der Waals surface area contributed by atoms with Gasteiger partial charge in [0.15, 0.2) is 0 Å². The molecule has 7 nitrogen and oxygen atoms in total. The van der Waals surface area contributed by atoms with Crippen LogP contribution in [0.25, 0.3) is 0 Å². The maximum absolute atomic E-state index is 12.7. The Labute approximate surface area is 175 Å². The van der Waals surface area contributed by atoms with Gasteiger partial charge in [0, 0.05) is 36.1 Å². The van der Waals surface area contributed by atoms with Crippen molar-refractivity contribution in [3.8, 4) is 0 Å². The zero-order chi connectivity index (χ0) is 19.6. The highest BCUT2D eigenvalue weighted by molar-refractivity contribution is 7.99. The first-order valence-electron chi connectivity index (χ1n) is 10.4. The Bertz CT molecular complexity index is 841. The summed E-state index contributed by atoms with van der Waals surface area (Å²) < 4.78 is 5.39. The fourth-order valence-electron chi connectivity index (χ4n) is 4.46. The summed E-state index contributed by atoms with van der Waals surface area (Å²) in [6.45, 7) is 6.57. The predicted molar refractivity (Wildman–Crippen MR) is 113 cm³/mol. The fourth-order valence-corrected chi connectivity index (χ4v) is 5.24. The van der Waals surface area contributed by atoms with Crippen molar-refractivity contribution in [1.29, 1.82) is 0 Å². The van der Waals surface area contributed by atoms with Gasteiger partial charge in [0.05, 0.1) is 24.4 Å². The van der Waals surface area contributed by atoms with Crippen molar-refractivity contribution < 1.29 is 9.53 Å². The number of carbonyl (C=O) groups is 1. The topological polar surface area (TPSA) is 73.5 Å². The van der Waals surface area contributed by atoms with E-state index in [9.17, 15) is 4.79 Å². The quantitative estimate of drug-likeness (QED) is 0.783. The molecule has 0 aliphatic carbocycles. The third-order valence-electron chi connectivity index (χ3n) is 6.17. The maximum Gasteiger partial charge on any atom is 0.251 e. The number of ether oxygens (including phenoxy) is 1. The number of H-pyrrole nitrogens is 1. The molecule has 4 saturated heterocycles. The number of nitrogens with zero attached hydrogens (tertiary/aromatic N) is 3. The van der Waals surface area contributed by atoms with Gasteiger partial charge in [-0.3, -0.25) is 4.79 Å². The van der Waals surface area contributed by atoms with Crippen LogP contribution in [0.5, 0.6) is 0 Å². The van der Waals surface area contributed by atoms with Crippen LogP contribution in [0.4, 0.5) is 5.95 Å². The summed E-state index contributed by atoms with van der Waals surface area (Å²) in [6.07, 6.45) is 4.28. The number of piperidine rings is 3. The number of hydrogen-bond acceptors (Lipinski definition) is 6. The maximum atomic E-state index is 12.7. The molecule has 29 heavy (non-hydrogen) atoms. The molecule has 0 radical (unpaired) electrons. The molecule has 1 aromatic heterocycles. The van der Waals surface area contributed by atoms with Gasteiger partial charge < -0.3 is 24.8 Å². The average Bonchev–Trinajstić information content (AvgIpc) is 3.24. The Morgan fingerprint density at radius 2 is 1.90 bits per heavy atom. The summed E-state index contributed by atoms with van der Waals surface area (Å²) in [7, 11) is 0. The number of anilines is 1. The van der Waals surface area contributed by atoms with Crippen molar-refractivity contribution in [1.82, 2.24) is 20.2 Å². The smallest absolute Gasteiger partial charge is 0.251 e. The van der Waals surface area contributed by atoms with Crippen LogP contribution >= 0.6 is 11.8 Å². The van der Waals surface area contributed by atoms with Gasteiger partial charge in [0.25, 0.3) is 5.91 Å². The highest BCUT2D eigenvalue weighted by Gasteiger charge is 2.34.